The van der Waals surface area contributed by atoms with E-state index in [0.717, 1.165) is 54.0 Å². The molecule has 30 heavy (non-hydrogen) atoms. The molecular weight excluding hydrogens is 402 g/mol. The van der Waals surface area contributed by atoms with Gasteiger partial charge >= 0.3 is 5.97 Å². The van der Waals surface area contributed by atoms with Crippen LogP contribution < -0.4 is 15.5 Å². The Bertz CT molecular complexity index is 968. The minimum Gasteiger partial charge on any atom is -0.462 e. The highest BCUT2D eigenvalue weighted by molar-refractivity contribution is 7.17. The molecule has 1 aliphatic carbocycles. The Morgan fingerprint density at radius 1 is 1.13 bits per heavy atom. The molecule has 2 N–H and O–H groups in total. The van der Waals surface area contributed by atoms with Gasteiger partial charge in [-0.05, 0) is 62.4 Å². The van der Waals surface area contributed by atoms with Gasteiger partial charge in [0.15, 0.2) is 0 Å². The van der Waals surface area contributed by atoms with Gasteiger partial charge in [0.2, 0.25) is 11.8 Å². The summed E-state index contributed by atoms with van der Waals surface area (Å²) in [5, 5.41) is 6.54. The summed E-state index contributed by atoms with van der Waals surface area (Å²) in [4.78, 5) is 39.7. The molecule has 0 spiro atoms. The quantitative estimate of drug-likeness (QED) is 0.660. The molecular formula is C22H25N3O4S. The Hall–Kier alpha value is -2.87. The van der Waals surface area contributed by atoms with Crippen molar-refractivity contribution >= 4 is 45.5 Å². The number of hydrogen-bond donors (Lipinski definition) is 2. The van der Waals surface area contributed by atoms with Gasteiger partial charge in [-0.2, -0.15) is 0 Å². The molecule has 2 heterocycles. The lowest BCUT2D eigenvalue weighted by atomic mass is 10.1. The zero-order chi connectivity index (χ0) is 21.1. The van der Waals surface area contributed by atoms with Gasteiger partial charge in [0.05, 0.1) is 18.7 Å². The molecule has 0 saturated carbocycles. The van der Waals surface area contributed by atoms with Crippen molar-refractivity contribution in [2.24, 2.45) is 0 Å². The summed E-state index contributed by atoms with van der Waals surface area (Å²) < 4.78 is 5.20. The molecule has 1 fully saturated rings. The fourth-order valence-corrected chi connectivity index (χ4v) is 5.24. The first kappa shape index (κ1) is 20.4. The summed E-state index contributed by atoms with van der Waals surface area (Å²) in [6.07, 6.45) is 4.30. The fraction of sp³-hybridized carbons (Fsp3) is 0.409. The Morgan fingerprint density at radius 2 is 1.93 bits per heavy atom. The number of fused-ring (bicyclic) bond motifs is 1. The smallest absolute Gasteiger partial charge is 0.341 e. The third kappa shape index (κ3) is 4.18. The molecule has 158 valence electrons. The fourth-order valence-electron chi connectivity index (χ4n) is 3.95. The zero-order valence-corrected chi connectivity index (χ0v) is 17.8. The number of carbonyl (C=O) groups is 3. The number of esters is 1. The van der Waals surface area contributed by atoms with Crippen LogP contribution in [0.5, 0.6) is 0 Å². The van der Waals surface area contributed by atoms with Crippen molar-refractivity contribution in [2.45, 2.75) is 39.0 Å². The van der Waals surface area contributed by atoms with Crippen molar-refractivity contribution in [2.75, 3.05) is 35.2 Å². The Morgan fingerprint density at radius 3 is 2.63 bits per heavy atom. The maximum atomic E-state index is 12.5. The minimum absolute atomic E-state index is 0.0762. The van der Waals surface area contributed by atoms with Crippen LogP contribution in [0.25, 0.3) is 0 Å². The van der Waals surface area contributed by atoms with Crippen LogP contribution >= 0.6 is 11.3 Å². The van der Waals surface area contributed by atoms with Crippen LogP contribution in [-0.2, 0) is 27.2 Å². The summed E-state index contributed by atoms with van der Waals surface area (Å²) >= 11 is 1.47. The van der Waals surface area contributed by atoms with Gasteiger partial charge < -0.3 is 20.3 Å². The van der Waals surface area contributed by atoms with E-state index in [4.69, 9.17) is 4.74 Å². The van der Waals surface area contributed by atoms with Gasteiger partial charge in [-0.1, -0.05) is 0 Å². The molecule has 2 amide bonds. The monoisotopic (exact) mass is 427 g/mol. The number of nitrogens with one attached hydrogen (secondary N) is 2. The average molecular weight is 428 g/mol. The molecule has 2 aromatic rings. The van der Waals surface area contributed by atoms with Crippen molar-refractivity contribution in [3.63, 3.8) is 0 Å². The van der Waals surface area contributed by atoms with E-state index in [1.54, 1.807) is 11.8 Å². The first-order chi connectivity index (χ1) is 14.6. The van der Waals surface area contributed by atoms with Crippen LogP contribution in [-0.4, -0.2) is 37.5 Å². The lowest BCUT2D eigenvalue weighted by Crippen LogP contribution is -2.24. The van der Waals surface area contributed by atoms with Crippen LogP contribution in [0, 0.1) is 0 Å². The Labute approximate surface area is 179 Å². The van der Waals surface area contributed by atoms with Crippen molar-refractivity contribution in [1.29, 1.82) is 0 Å². The van der Waals surface area contributed by atoms with E-state index < -0.39 is 0 Å². The number of amides is 2. The second kappa shape index (κ2) is 8.87. The van der Waals surface area contributed by atoms with E-state index in [1.165, 1.54) is 11.3 Å². The van der Waals surface area contributed by atoms with E-state index in [-0.39, 0.29) is 24.3 Å². The molecule has 7 nitrogen and oxygen atoms in total. The zero-order valence-electron chi connectivity index (χ0n) is 17.0. The standard InChI is InChI=1S/C22H25N3O4S/c1-2-29-22(28)20-16-5-3-6-17(16)30-21(20)24-18(26)13-23-14-8-10-15(11-9-14)25-12-4-7-19(25)27/h8-11,23H,2-7,12-13H2,1H3,(H,24,26). The summed E-state index contributed by atoms with van der Waals surface area (Å²) in [5.74, 6) is -0.443. The number of anilines is 3. The molecule has 2 aliphatic rings. The van der Waals surface area contributed by atoms with E-state index >= 15 is 0 Å². The number of rotatable bonds is 7. The lowest BCUT2D eigenvalue weighted by Gasteiger charge is -2.16. The number of aryl methyl sites for hydroxylation is 1. The largest absolute Gasteiger partial charge is 0.462 e. The van der Waals surface area contributed by atoms with Crippen LogP contribution in [0.2, 0.25) is 0 Å². The summed E-state index contributed by atoms with van der Waals surface area (Å²) in [6.45, 7) is 2.91. The molecule has 1 saturated heterocycles. The molecule has 4 rings (SSSR count). The molecule has 0 radical (unpaired) electrons. The topological polar surface area (TPSA) is 87.7 Å². The maximum absolute atomic E-state index is 12.5. The molecule has 0 bridgehead atoms. The molecule has 1 aliphatic heterocycles. The van der Waals surface area contributed by atoms with Crippen molar-refractivity contribution in [1.82, 2.24) is 0 Å². The van der Waals surface area contributed by atoms with Gasteiger partial charge in [0.25, 0.3) is 0 Å². The molecule has 0 unspecified atom stereocenters. The van der Waals surface area contributed by atoms with Gasteiger partial charge in [0.1, 0.15) is 5.00 Å². The minimum atomic E-state index is -0.368. The highest BCUT2D eigenvalue weighted by Crippen LogP contribution is 2.39. The molecule has 0 atom stereocenters. The van der Waals surface area contributed by atoms with E-state index in [0.29, 0.717) is 23.6 Å². The van der Waals surface area contributed by atoms with Crippen molar-refractivity contribution < 1.29 is 19.1 Å². The number of ether oxygens (including phenoxy) is 1. The van der Waals surface area contributed by atoms with E-state index in [9.17, 15) is 14.4 Å². The number of carbonyl (C=O) groups excluding carboxylic acids is 3. The third-order valence-corrected chi connectivity index (χ3v) is 6.57. The van der Waals surface area contributed by atoms with E-state index in [1.807, 2.05) is 24.3 Å². The van der Waals surface area contributed by atoms with Crippen LogP contribution in [0.1, 0.15) is 47.0 Å². The highest BCUT2D eigenvalue weighted by Gasteiger charge is 2.28. The summed E-state index contributed by atoms with van der Waals surface area (Å²) in [6, 6.07) is 7.48. The Balaban J connectivity index is 1.37. The Kier molecular flexibility index (Phi) is 6.03. The number of benzene rings is 1. The highest BCUT2D eigenvalue weighted by atomic mass is 32.1. The molecule has 8 heteroatoms. The summed E-state index contributed by atoms with van der Waals surface area (Å²) in [7, 11) is 0. The predicted molar refractivity (Wildman–Crippen MR) is 117 cm³/mol. The van der Waals surface area contributed by atoms with Crippen LogP contribution in [0.3, 0.4) is 0 Å². The van der Waals surface area contributed by atoms with Gasteiger partial charge in [0, 0.05) is 29.2 Å². The number of thiophene rings is 1. The SMILES string of the molecule is CCOC(=O)c1c(NC(=O)CNc2ccc(N3CCCC3=O)cc2)sc2c1CCC2. The van der Waals surface area contributed by atoms with Gasteiger partial charge in [-0.15, -0.1) is 11.3 Å². The van der Waals surface area contributed by atoms with Crippen LogP contribution in [0.4, 0.5) is 16.4 Å². The normalized spacial score (nSPS) is 15.2. The number of hydrogen-bond acceptors (Lipinski definition) is 6. The second-order valence-corrected chi connectivity index (χ2v) is 8.48. The van der Waals surface area contributed by atoms with E-state index in [2.05, 4.69) is 10.6 Å². The number of nitrogens with zero attached hydrogens (tertiary/aromatic N) is 1. The first-order valence-corrected chi connectivity index (χ1v) is 11.1. The van der Waals surface area contributed by atoms with Crippen LogP contribution in [0.15, 0.2) is 24.3 Å². The predicted octanol–water partition coefficient (Wildman–Crippen LogP) is 3.59. The van der Waals surface area contributed by atoms with Gasteiger partial charge in [-0.3, -0.25) is 9.59 Å². The van der Waals surface area contributed by atoms with Crippen molar-refractivity contribution in [3.8, 4) is 0 Å². The van der Waals surface area contributed by atoms with Gasteiger partial charge in [-0.25, -0.2) is 4.79 Å². The average Bonchev–Trinajstić information content (AvgIpc) is 3.43. The lowest BCUT2D eigenvalue weighted by molar-refractivity contribution is -0.117. The first-order valence-electron chi connectivity index (χ1n) is 10.3. The third-order valence-electron chi connectivity index (χ3n) is 5.36. The molecule has 1 aromatic heterocycles. The maximum Gasteiger partial charge on any atom is 0.341 e. The van der Waals surface area contributed by atoms with Crippen molar-refractivity contribution in [3.05, 3.63) is 40.3 Å². The second-order valence-electron chi connectivity index (χ2n) is 7.38. The molecule has 1 aromatic carbocycles. The summed E-state index contributed by atoms with van der Waals surface area (Å²) in [5.41, 5.74) is 3.20.